The minimum atomic E-state index is -2.78. The van der Waals surface area contributed by atoms with Crippen LogP contribution in [0.2, 0.25) is 0 Å². The molecule has 0 aliphatic carbocycles. The molecular weight excluding hydrogens is 203 g/mol. The Kier molecular flexibility index (Phi) is 6.60. The van der Waals surface area contributed by atoms with Gasteiger partial charge in [-0.15, -0.1) is 0 Å². The molecule has 3 nitrogen and oxygen atoms in total. The Balaban J connectivity index is 0. The molecule has 1 atom stereocenters. The average molecular weight is 208 g/mol. The Bertz CT molecular complexity index is 314. The molecule has 0 fully saturated rings. The summed E-state index contributed by atoms with van der Waals surface area (Å²) in [7, 11) is -5.28. The third kappa shape index (κ3) is 4.81. The van der Waals surface area contributed by atoms with Gasteiger partial charge < -0.3 is 0 Å². The van der Waals surface area contributed by atoms with Gasteiger partial charge in [0, 0.05) is 14.7 Å². The Labute approximate surface area is 88.7 Å². The van der Waals surface area contributed by atoms with Crippen molar-refractivity contribution in [1.82, 2.24) is 0 Å². The van der Waals surface area contributed by atoms with Crippen LogP contribution in [0.15, 0.2) is 0 Å². The van der Waals surface area contributed by atoms with Crippen molar-refractivity contribution in [3.8, 4) is 0 Å². The number of rotatable bonds is 0. The van der Waals surface area contributed by atoms with Gasteiger partial charge in [0.1, 0.15) is 0 Å². The fourth-order valence-corrected chi connectivity index (χ4v) is 1.61. The van der Waals surface area contributed by atoms with E-state index in [4.69, 9.17) is 0 Å². The largest absolute Gasteiger partial charge is 1.00 e. The first-order chi connectivity index (χ1) is 3.85. The van der Waals surface area contributed by atoms with E-state index in [9.17, 15) is 12.6 Å². The summed E-state index contributed by atoms with van der Waals surface area (Å²) < 4.78 is 30.2. The summed E-state index contributed by atoms with van der Waals surface area (Å²) in [5.41, 5.74) is 0. The second kappa shape index (κ2) is 4.84. The molecule has 0 aromatic rings. The molecule has 0 aromatic carbocycles. The molecule has 0 saturated carbocycles. The van der Waals surface area contributed by atoms with Gasteiger partial charge in [0.15, 0.2) is 10.3 Å². The zero-order valence-electron chi connectivity index (χ0n) is 5.66. The van der Waals surface area contributed by atoms with Gasteiger partial charge in [0.25, 0.3) is 0 Å². The summed E-state index contributed by atoms with van der Waals surface area (Å²) in [6.45, 7) is 3.03. The van der Waals surface area contributed by atoms with E-state index in [1.54, 1.807) is 0 Å². The molecule has 0 heterocycles. The van der Waals surface area contributed by atoms with E-state index in [0.717, 1.165) is 6.26 Å². The Morgan fingerprint density at radius 2 is 1.90 bits per heavy atom. The predicted molar refractivity (Wildman–Crippen MR) is 40.7 cm³/mol. The average Bonchev–Trinajstić information content (AvgIpc) is 1.62. The molecule has 0 amide bonds. The smallest absolute Gasteiger partial charge is 0.291 e. The first-order valence-corrected chi connectivity index (χ1v) is 5.80. The Morgan fingerprint density at radius 1 is 1.60 bits per heavy atom. The van der Waals surface area contributed by atoms with Crippen LogP contribution < -0.4 is 29.6 Å². The maximum Gasteiger partial charge on any atom is 1.00 e. The SMILES string of the molecule is [CH2-]C(=S(=O)=O)S(C)(=O)=S.[Na+]. The van der Waals surface area contributed by atoms with Gasteiger partial charge in [-0.05, 0) is 15.4 Å². The summed E-state index contributed by atoms with van der Waals surface area (Å²) in [5, 5.41) is 0. The monoisotopic (exact) mass is 208 g/mol. The zero-order chi connectivity index (χ0) is 7.65. The fourth-order valence-electron chi connectivity index (χ4n) is 0.124. The third-order valence-electron chi connectivity index (χ3n) is 0.599. The molecule has 7 heteroatoms. The van der Waals surface area contributed by atoms with Crippen molar-refractivity contribution in [1.29, 1.82) is 0 Å². The van der Waals surface area contributed by atoms with Gasteiger partial charge >= 0.3 is 29.6 Å². The topological polar surface area (TPSA) is 51.2 Å². The molecule has 0 radical (unpaired) electrons. The van der Waals surface area contributed by atoms with Crippen molar-refractivity contribution in [2.24, 2.45) is 0 Å². The first-order valence-electron chi connectivity index (χ1n) is 1.84. The predicted octanol–water partition coefficient (Wildman–Crippen LogP) is -3.79. The summed E-state index contributed by atoms with van der Waals surface area (Å²) in [5.74, 6) is 0. The van der Waals surface area contributed by atoms with Gasteiger partial charge in [-0.25, -0.2) is 0 Å². The van der Waals surface area contributed by atoms with Crippen LogP contribution in [0.25, 0.3) is 0 Å². The normalized spacial score (nSPS) is 14.6. The summed E-state index contributed by atoms with van der Waals surface area (Å²) in [6, 6.07) is 0. The molecule has 0 N–H and O–H groups in total. The first kappa shape index (κ1) is 13.6. The van der Waals surface area contributed by atoms with E-state index in [1.165, 1.54) is 0 Å². The van der Waals surface area contributed by atoms with Crippen molar-refractivity contribution in [3.05, 3.63) is 6.92 Å². The number of hydrogen-bond donors (Lipinski definition) is 0. The summed E-state index contributed by atoms with van der Waals surface area (Å²) in [6.07, 6.45) is 1.15. The van der Waals surface area contributed by atoms with Crippen LogP contribution in [0.1, 0.15) is 0 Å². The van der Waals surface area contributed by atoms with Crippen LogP contribution in [0.4, 0.5) is 0 Å². The van der Waals surface area contributed by atoms with Crippen LogP contribution in [0.3, 0.4) is 0 Å². The second-order valence-corrected chi connectivity index (χ2v) is 6.54. The molecule has 0 aromatic heterocycles. The van der Waals surface area contributed by atoms with Crippen molar-refractivity contribution >= 4 is 34.2 Å². The van der Waals surface area contributed by atoms with Crippen LogP contribution in [0.5, 0.6) is 0 Å². The van der Waals surface area contributed by atoms with E-state index in [2.05, 4.69) is 18.1 Å². The quantitative estimate of drug-likeness (QED) is 0.233. The molecule has 0 aliphatic heterocycles. The molecular formula is C3H5NaO3S3. The van der Waals surface area contributed by atoms with Crippen molar-refractivity contribution in [2.45, 2.75) is 0 Å². The number of hydrogen-bond acceptors (Lipinski definition) is 4. The Hall–Kier alpha value is 1.06. The van der Waals surface area contributed by atoms with E-state index in [1.807, 2.05) is 0 Å². The minimum Gasteiger partial charge on any atom is -0.291 e. The van der Waals surface area contributed by atoms with Crippen LogP contribution >= 0.6 is 0 Å². The van der Waals surface area contributed by atoms with Crippen LogP contribution in [0, 0.1) is 6.92 Å². The summed E-state index contributed by atoms with van der Waals surface area (Å²) >= 11 is 4.32. The van der Waals surface area contributed by atoms with Gasteiger partial charge in [-0.3, -0.25) is 11.1 Å². The van der Waals surface area contributed by atoms with Crippen molar-refractivity contribution in [3.63, 3.8) is 0 Å². The minimum absolute atomic E-state index is 0. The molecule has 0 rings (SSSR count). The van der Waals surface area contributed by atoms with Gasteiger partial charge in [-0.2, -0.15) is 8.42 Å². The van der Waals surface area contributed by atoms with Crippen LogP contribution in [-0.2, 0) is 30.0 Å². The van der Waals surface area contributed by atoms with Crippen molar-refractivity contribution < 1.29 is 42.2 Å². The van der Waals surface area contributed by atoms with E-state index < -0.39 is 23.0 Å². The molecule has 0 aliphatic rings. The zero-order valence-corrected chi connectivity index (χ0v) is 10.1. The Morgan fingerprint density at radius 3 is 1.90 bits per heavy atom. The van der Waals surface area contributed by atoms with Crippen molar-refractivity contribution in [2.75, 3.05) is 6.26 Å². The van der Waals surface area contributed by atoms with E-state index >= 15 is 0 Å². The standard InChI is InChI=1S/C3H5O3S3.Na/c1-3(8(4)5)9(2,6)7;/h1H2,2H3;/q-1;+1. The van der Waals surface area contributed by atoms with E-state index in [0.29, 0.717) is 0 Å². The molecule has 0 saturated heterocycles. The van der Waals surface area contributed by atoms with Gasteiger partial charge in [-0.1, -0.05) is 0 Å². The van der Waals surface area contributed by atoms with E-state index in [-0.39, 0.29) is 29.6 Å². The second-order valence-electron chi connectivity index (χ2n) is 1.38. The molecule has 0 bridgehead atoms. The van der Waals surface area contributed by atoms with Gasteiger partial charge in [0.05, 0.1) is 0 Å². The third-order valence-corrected chi connectivity index (χ3v) is 4.08. The fraction of sp³-hybridized carbons (Fsp3) is 0.333. The maximum atomic E-state index is 10.7. The molecule has 10 heavy (non-hydrogen) atoms. The van der Waals surface area contributed by atoms with Crippen LogP contribution in [-0.4, -0.2) is 23.1 Å². The molecule has 54 valence electrons. The summed E-state index contributed by atoms with van der Waals surface area (Å²) in [4.78, 5) is 0. The maximum absolute atomic E-state index is 10.7. The van der Waals surface area contributed by atoms with Gasteiger partial charge in [0.2, 0.25) is 0 Å². The molecule has 0 spiro atoms. The molecule has 1 unspecified atom stereocenters.